The Morgan fingerprint density at radius 1 is 0.934 bits per heavy atom. The van der Waals surface area contributed by atoms with Crippen molar-refractivity contribution in [3.63, 3.8) is 0 Å². The van der Waals surface area contributed by atoms with Crippen LogP contribution >= 0.6 is 0 Å². The molecule has 6 rings (SSSR count). The highest BCUT2D eigenvalue weighted by Crippen LogP contribution is 2.59. The topological polar surface area (TPSA) is 219 Å². The van der Waals surface area contributed by atoms with Gasteiger partial charge in [0.15, 0.2) is 5.75 Å². The number of phenolic OH excluding ortho intramolecular Hbond substituents is 2. The number of fused-ring (bicyclic) bond motifs is 1. The summed E-state index contributed by atoms with van der Waals surface area (Å²) in [5.41, 5.74) is 0.553. The fraction of sp³-hybridized carbons (Fsp3) is 0.587. The highest BCUT2D eigenvalue weighted by atomic mass is 16.7. The van der Waals surface area contributed by atoms with Gasteiger partial charge in [-0.05, 0) is 25.8 Å². The first kappa shape index (κ1) is 45.7. The summed E-state index contributed by atoms with van der Waals surface area (Å²) in [6.07, 6.45) is 5.91. The average molecular weight is 849 g/mol. The Labute approximate surface area is 357 Å². The number of aliphatic hydroxyl groups excluding tert-OH is 3. The van der Waals surface area contributed by atoms with Gasteiger partial charge in [0.2, 0.25) is 0 Å². The molecule has 4 bridgehead atoms. The lowest BCUT2D eigenvalue weighted by Gasteiger charge is -2.40. The molecule has 15 nitrogen and oxygen atoms in total. The lowest BCUT2D eigenvalue weighted by molar-refractivity contribution is -0.159. The highest BCUT2D eigenvalue weighted by Gasteiger charge is 2.51. The first-order valence-corrected chi connectivity index (χ1v) is 21.4. The quantitative estimate of drug-likeness (QED) is 0.102. The monoisotopic (exact) mass is 848 g/mol. The van der Waals surface area contributed by atoms with E-state index in [0.717, 1.165) is 19.6 Å². The van der Waals surface area contributed by atoms with Crippen LogP contribution in [0, 0.1) is 42.4 Å². The van der Waals surface area contributed by atoms with Gasteiger partial charge in [0.25, 0.3) is 11.7 Å². The number of hydrogen-bond acceptors (Lipinski definition) is 14. The van der Waals surface area contributed by atoms with Crippen LogP contribution in [0.25, 0.3) is 10.8 Å². The zero-order chi connectivity index (χ0) is 44.9. The van der Waals surface area contributed by atoms with Crippen LogP contribution in [0.3, 0.4) is 0 Å². The molecule has 0 aliphatic carbocycles. The third kappa shape index (κ3) is 8.54. The second kappa shape index (κ2) is 17.5. The van der Waals surface area contributed by atoms with Crippen LogP contribution in [0.4, 0.5) is 17.1 Å². The number of ketones is 1. The molecular formula is C46H64N4O11. The number of Topliss-reactive ketones (excluding diaryl/α,β-unsaturated/α-hetero) is 1. The molecule has 8 N–H and O–H groups in total. The van der Waals surface area contributed by atoms with Crippen LogP contribution in [0.2, 0.25) is 0 Å². The molecule has 1 saturated heterocycles. The number of ether oxygens (including phenoxy) is 3. The van der Waals surface area contributed by atoms with E-state index in [4.69, 9.17) is 14.2 Å². The fourth-order valence-corrected chi connectivity index (χ4v) is 9.40. The zero-order valence-electron chi connectivity index (χ0n) is 37.0. The lowest BCUT2D eigenvalue weighted by Crippen LogP contribution is -2.52. The van der Waals surface area contributed by atoms with E-state index in [2.05, 4.69) is 34.7 Å². The van der Waals surface area contributed by atoms with Gasteiger partial charge in [0, 0.05) is 99.0 Å². The Morgan fingerprint density at radius 3 is 2.21 bits per heavy atom. The predicted molar refractivity (Wildman–Crippen MR) is 232 cm³/mol. The van der Waals surface area contributed by atoms with Gasteiger partial charge in [-0.25, -0.2) is 0 Å². The maximum absolute atomic E-state index is 14.7. The molecule has 1 unspecified atom stereocenters. The smallest absolute Gasteiger partial charge is 0.312 e. The molecule has 4 aliphatic heterocycles. The van der Waals surface area contributed by atoms with Gasteiger partial charge in [-0.3, -0.25) is 14.4 Å². The van der Waals surface area contributed by atoms with Gasteiger partial charge in [-0.2, -0.15) is 0 Å². The minimum Gasteiger partial charge on any atom is -0.507 e. The Hall–Kier alpha value is -4.83. The van der Waals surface area contributed by atoms with Gasteiger partial charge in [0.1, 0.15) is 29.0 Å². The van der Waals surface area contributed by atoms with E-state index < -0.39 is 89.4 Å². The van der Waals surface area contributed by atoms with Crippen molar-refractivity contribution in [2.24, 2.45) is 35.5 Å². The summed E-state index contributed by atoms with van der Waals surface area (Å²) in [7, 11) is 0. The minimum atomic E-state index is -1.96. The number of phenols is 2. The third-order valence-corrected chi connectivity index (χ3v) is 13.2. The zero-order valence-corrected chi connectivity index (χ0v) is 37.0. The number of esters is 1. The Morgan fingerprint density at radius 2 is 1.59 bits per heavy atom. The van der Waals surface area contributed by atoms with Crippen LogP contribution < -0.4 is 20.7 Å². The molecule has 2 aromatic carbocycles. The fourth-order valence-electron chi connectivity index (χ4n) is 9.40. The van der Waals surface area contributed by atoms with E-state index in [1.807, 2.05) is 0 Å². The summed E-state index contributed by atoms with van der Waals surface area (Å²) < 4.78 is 18.1. The van der Waals surface area contributed by atoms with E-state index in [1.165, 1.54) is 26.2 Å². The van der Waals surface area contributed by atoms with Crippen molar-refractivity contribution < 1.29 is 54.1 Å². The molecule has 0 aromatic heterocycles. The standard InChI is InChI=1S/C46H64N4O11/c1-22(2)20-50-17-15-46(16-18-50)48-34-31-32-39(55)28(8)42-33(31)43(57)45(10,61-42)59-19-14-30(21-51)25(5)41(60-29(9)52)27(7)38(54)26(6)37(53)23(3)12-11-13-24(4)44(58)47-36(40(32)56)35(34)49-46/h11-14,19,22-23,25-27,30,37-38,41,48-49,51,53-56H,15-18,20-21H2,1-10H3,(H,47,58)/t23-,25+,26+,27+,30+,37-,38?,41+,45-/m0/s1. The number of hydrogen-bond donors (Lipinski definition) is 8. The van der Waals surface area contributed by atoms with E-state index in [0.29, 0.717) is 30.1 Å². The number of amides is 1. The Kier molecular flexibility index (Phi) is 13.1. The van der Waals surface area contributed by atoms with Gasteiger partial charge in [-0.1, -0.05) is 59.8 Å². The number of nitrogens with one attached hydrogen (secondary N) is 3. The number of likely N-dealkylation sites (tertiary alicyclic amines) is 1. The number of allylic oxidation sites excluding steroid dienone is 2. The summed E-state index contributed by atoms with van der Waals surface area (Å²) in [5, 5.41) is 67.7. The first-order chi connectivity index (χ1) is 28.6. The molecule has 0 saturated carbocycles. The predicted octanol–water partition coefficient (Wildman–Crippen LogP) is 5.93. The number of carbonyl (C=O) groups is 3. The summed E-state index contributed by atoms with van der Waals surface area (Å²) in [6, 6.07) is 0. The third-order valence-electron chi connectivity index (χ3n) is 13.2. The molecular weight excluding hydrogens is 785 g/mol. The van der Waals surface area contributed by atoms with Gasteiger partial charge in [-0.15, -0.1) is 0 Å². The van der Waals surface area contributed by atoms with Crippen molar-refractivity contribution in [3.05, 3.63) is 47.3 Å². The second-order valence-electron chi connectivity index (χ2n) is 18.3. The molecule has 334 valence electrons. The molecule has 1 spiro atoms. The number of nitrogens with zero attached hydrogens (tertiary/aromatic N) is 1. The normalized spacial score (nSPS) is 30.8. The number of aromatic hydroxyl groups is 2. The second-order valence-corrected chi connectivity index (χ2v) is 18.3. The average Bonchev–Trinajstić information content (AvgIpc) is 3.71. The highest BCUT2D eigenvalue weighted by molar-refractivity contribution is 6.26. The molecule has 2 aromatic rings. The van der Waals surface area contributed by atoms with Crippen molar-refractivity contribution in [1.29, 1.82) is 0 Å². The Balaban J connectivity index is 1.51. The SMILES string of the molecule is CC(=O)O[C@@H]1[C@H](C)[C@@H](CO)C=CO[C@@]2(C)Oc3c(C)c(O)c4c(O)c(c5c(c4c3C2=O)NC2(CCN(CC(C)C)CC2)N5)NC(=O)C(C)=CC=C[C@H](C)[C@H](O)[C@@H](C)C(O)[C@H]1C. The number of piperidine rings is 1. The van der Waals surface area contributed by atoms with Crippen molar-refractivity contribution >= 4 is 45.5 Å². The van der Waals surface area contributed by atoms with E-state index in [-0.39, 0.29) is 44.7 Å². The first-order valence-electron chi connectivity index (χ1n) is 21.4. The largest absolute Gasteiger partial charge is 0.507 e. The molecule has 1 fully saturated rings. The maximum atomic E-state index is 14.7. The summed E-state index contributed by atoms with van der Waals surface area (Å²) in [6.45, 7) is 19.2. The van der Waals surface area contributed by atoms with Crippen LogP contribution in [-0.2, 0) is 19.1 Å². The van der Waals surface area contributed by atoms with Gasteiger partial charge < -0.3 is 60.6 Å². The van der Waals surface area contributed by atoms with Crippen molar-refractivity contribution in [2.75, 3.05) is 42.2 Å². The number of anilines is 3. The van der Waals surface area contributed by atoms with Crippen molar-refractivity contribution in [2.45, 2.75) is 112 Å². The molecule has 0 radical (unpaired) electrons. The molecule has 61 heavy (non-hydrogen) atoms. The number of aliphatic hydroxyl groups is 3. The Bertz CT molecular complexity index is 2140. The molecule has 1 amide bonds. The van der Waals surface area contributed by atoms with Crippen LogP contribution in [0.1, 0.15) is 91.1 Å². The van der Waals surface area contributed by atoms with Gasteiger partial charge in [0.05, 0.1) is 40.8 Å². The molecule has 9 atom stereocenters. The number of benzene rings is 2. The molecule has 15 heteroatoms. The number of carbonyl (C=O) groups excluding carboxylic acids is 3. The van der Waals surface area contributed by atoms with Crippen LogP contribution in [0.5, 0.6) is 17.2 Å². The van der Waals surface area contributed by atoms with E-state index in [1.54, 1.807) is 59.8 Å². The van der Waals surface area contributed by atoms with Crippen molar-refractivity contribution in [3.8, 4) is 17.2 Å². The summed E-state index contributed by atoms with van der Waals surface area (Å²) >= 11 is 0. The van der Waals surface area contributed by atoms with Crippen LogP contribution in [0.15, 0.2) is 36.1 Å². The summed E-state index contributed by atoms with van der Waals surface area (Å²) in [5.74, 6) is -7.10. The molecule has 4 aliphatic rings. The number of rotatable bonds is 4. The minimum absolute atomic E-state index is 0.0209. The van der Waals surface area contributed by atoms with Crippen molar-refractivity contribution in [1.82, 2.24) is 4.90 Å². The molecule has 4 heterocycles. The van der Waals surface area contributed by atoms with E-state index >= 15 is 0 Å². The van der Waals surface area contributed by atoms with Crippen LogP contribution in [-0.4, -0.2) is 104 Å². The summed E-state index contributed by atoms with van der Waals surface area (Å²) in [4.78, 5) is 43.4. The van der Waals surface area contributed by atoms with Gasteiger partial charge >= 0.3 is 11.8 Å². The maximum Gasteiger partial charge on any atom is 0.312 e. The lowest BCUT2D eigenvalue weighted by atomic mass is 9.76. The van der Waals surface area contributed by atoms with E-state index in [9.17, 15) is 39.9 Å².